The van der Waals surface area contributed by atoms with Gasteiger partial charge in [0.05, 0.1) is 5.69 Å². The van der Waals surface area contributed by atoms with E-state index in [1.807, 2.05) is 31.2 Å². The van der Waals surface area contributed by atoms with Crippen LogP contribution in [0.3, 0.4) is 0 Å². The van der Waals surface area contributed by atoms with E-state index in [1.54, 1.807) is 12.1 Å². The molecule has 0 bridgehead atoms. The van der Waals surface area contributed by atoms with Gasteiger partial charge in [-0.2, -0.15) is 0 Å². The highest BCUT2D eigenvalue weighted by atomic mass is 79.9. The molecule has 0 aliphatic heterocycles. The van der Waals surface area contributed by atoms with Gasteiger partial charge in [-0.1, -0.05) is 47.1 Å². The molecule has 0 aliphatic rings. The van der Waals surface area contributed by atoms with E-state index >= 15 is 0 Å². The number of hydrogen-bond acceptors (Lipinski definition) is 3. The molecular weight excluding hydrogens is 352 g/mol. The number of sulfonamides is 1. The fraction of sp³-hybridized carbons (Fsp3) is 0.200. The Balaban J connectivity index is 2.22. The van der Waals surface area contributed by atoms with Crippen molar-refractivity contribution in [2.24, 2.45) is 0 Å². The molecule has 0 fully saturated rings. The van der Waals surface area contributed by atoms with E-state index in [1.165, 1.54) is 6.07 Å². The monoisotopic (exact) mass is 368 g/mol. The van der Waals surface area contributed by atoms with Crippen molar-refractivity contribution >= 4 is 31.6 Å². The molecule has 112 valence electrons. The molecule has 0 spiro atoms. The molecule has 4 nitrogen and oxygen atoms in total. The van der Waals surface area contributed by atoms with Crippen LogP contribution in [0.5, 0.6) is 0 Å². The number of rotatable bonds is 5. The summed E-state index contributed by atoms with van der Waals surface area (Å²) in [5.74, 6) is 0. The van der Waals surface area contributed by atoms with E-state index < -0.39 is 10.0 Å². The summed E-state index contributed by atoms with van der Waals surface area (Å²) in [6, 6.07) is 12.5. The largest absolute Gasteiger partial charge is 0.398 e. The highest BCUT2D eigenvalue weighted by Gasteiger charge is 2.17. The van der Waals surface area contributed by atoms with Crippen LogP contribution in [-0.4, -0.2) is 8.42 Å². The van der Waals surface area contributed by atoms with Crippen LogP contribution < -0.4 is 10.5 Å². The molecule has 0 heterocycles. The lowest BCUT2D eigenvalue weighted by atomic mass is 10.1. The number of nitrogen functional groups attached to an aromatic ring is 1. The van der Waals surface area contributed by atoms with Gasteiger partial charge in [0, 0.05) is 11.0 Å². The van der Waals surface area contributed by atoms with Gasteiger partial charge in [-0.15, -0.1) is 0 Å². The Morgan fingerprint density at radius 1 is 1.14 bits per heavy atom. The molecule has 0 aliphatic carbocycles. The van der Waals surface area contributed by atoms with E-state index in [9.17, 15) is 8.42 Å². The third-order valence-electron chi connectivity index (χ3n) is 3.21. The molecule has 2 rings (SSSR count). The van der Waals surface area contributed by atoms with Crippen LogP contribution >= 0.6 is 15.9 Å². The van der Waals surface area contributed by atoms with E-state index in [2.05, 4.69) is 20.7 Å². The molecule has 0 saturated heterocycles. The zero-order valence-electron chi connectivity index (χ0n) is 11.6. The van der Waals surface area contributed by atoms with E-state index in [0.717, 1.165) is 22.0 Å². The number of halogens is 1. The first-order valence-electron chi connectivity index (χ1n) is 6.55. The van der Waals surface area contributed by atoms with Gasteiger partial charge in [-0.3, -0.25) is 0 Å². The van der Waals surface area contributed by atoms with E-state index in [4.69, 9.17) is 5.73 Å². The second-order valence-electron chi connectivity index (χ2n) is 4.63. The number of aryl methyl sites for hydroxylation is 1. The molecule has 0 saturated carbocycles. The summed E-state index contributed by atoms with van der Waals surface area (Å²) in [6.07, 6.45) is 0.859. The fourth-order valence-corrected chi connectivity index (χ4v) is 3.59. The summed E-state index contributed by atoms with van der Waals surface area (Å²) in [4.78, 5) is 0.0969. The average molecular weight is 369 g/mol. The molecule has 0 radical (unpaired) electrons. The lowest BCUT2D eigenvalue weighted by Gasteiger charge is -2.11. The summed E-state index contributed by atoms with van der Waals surface area (Å²) in [5, 5.41) is 0. The number of nitrogens with one attached hydrogen (secondary N) is 1. The Hall–Kier alpha value is -1.37. The molecule has 0 unspecified atom stereocenters. The van der Waals surface area contributed by atoms with Crippen LogP contribution in [0.15, 0.2) is 51.8 Å². The van der Waals surface area contributed by atoms with Crippen LogP contribution in [0.1, 0.15) is 18.1 Å². The Kier molecular flexibility index (Phi) is 5.03. The lowest BCUT2D eigenvalue weighted by molar-refractivity contribution is 0.581. The van der Waals surface area contributed by atoms with Crippen molar-refractivity contribution in [3.63, 3.8) is 0 Å². The maximum absolute atomic E-state index is 12.3. The van der Waals surface area contributed by atoms with Crippen LogP contribution in [0, 0.1) is 0 Å². The highest BCUT2D eigenvalue weighted by Crippen LogP contribution is 2.23. The molecule has 0 aromatic heterocycles. The first-order valence-corrected chi connectivity index (χ1v) is 8.83. The predicted molar refractivity (Wildman–Crippen MR) is 88.4 cm³/mol. The third-order valence-corrected chi connectivity index (χ3v) is 5.18. The normalized spacial score (nSPS) is 11.5. The van der Waals surface area contributed by atoms with Crippen molar-refractivity contribution in [2.75, 3.05) is 5.73 Å². The minimum absolute atomic E-state index is 0.0969. The van der Waals surface area contributed by atoms with Crippen LogP contribution in [-0.2, 0) is 23.0 Å². The quantitative estimate of drug-likeness (QED) is 0.796. The van der Waals surface area contributed by atoms with Gasteiger partial charge < -0.3 is 5.73 Å². The molecule has 0 atom stereocenters. The van der Waals surface area contributed by atoms with Gasteiger partial charge in [-0.05, 0) is 35.7 Å². The van der Waals surface area contributed by atoms with Crippen molar-refractivity contribution in [3.05, 3.63) is 58.1 Å². The smallest absolute Gasteiger partial charge is 0.242 e. The average Bonchev–Trinajstić information content (AvgIpc) is 2.45. The summed E-state index contributed by atoms with van der Waals surface area (Å²) >= 11 is 3.26. The Bertz CT molecular complexity index is 745. The van der Waals surface area contributed by atoms with Crippen molar-refractivity contribution in [3.8, 4) is 0 Å². The standard InChI is InChI=1S/C15H17BrN2O2S/c1-2-11-5-3-4-6-12(11)10-18-21(19,20)15-8-7-13(16)9-14(15)17/h3-9,18H,2,10,17H2,1H3. The summed E-state index contributed by atoms with van der Waals surface area (Å²) in [6.45, 7) is 2.29. The first-order chi connectivity index (χ1) is 9.94. The van der Waals surface area contributed by atoms with Gasteiger partial charge in [0.1, 0.15) is 4.90 Å². The molecule has 21 heavy (non-hydrogen) atoms. The zero-order chi connectivity index (χ0) is 15.5. The molecule has 2 aromatic rings. The van der Waals surface area contributed by atoms with Crippen molar-refractivity contribution in [2.45, 2.75) is 24.8 Å². The van der Waals surface area contributed by atoms with Gasteiger partial charge in [-0.25, -0.2) is 13.1 Å². The second kappa shape index (κ2) is 6.60. The highest BCUT2D eigenvalue weighted by molar-refractivity contribution is 9.10. The van der Waals surface area contributed by atoms with Crippen molar-refractivity contribution < 1.29 is 8.42 Å². The van der Waals surface area contributed by atoms with Crippen LogP contribution in [0.25, 0.3) is 0 Å². The maximum Gasteiger partial charge on any atom is 0.242 e. The molecule has 3 N–H and O–H groups in total. The minimum Gasteiger partial charge on any atom is -0.398 e. The number of hydrogen-bond donors (Lipinski definition) is 2. The van der Waals surface area contributed by atoms with Crippen LogP contribution in [0.2, 0.25) is 0 Å². The topological polar surface area (TPSA) is 72.2 Å². The summed E-state index contributed by atoms with van der Waals surface area (Å²) in [5.41, 5.74) is 8.11. The molecular formula is C15H17BrN2O2S. The second-order valence-corrected chi connectivity index (χ2v) is 7.28. The van der Waals surface area contributed by atoms with Crippen LogP contribution in [0.4, 0.5) is 5.69 Å². The summed E-state index contributed by atoms with van der Waals surface area (Å²) < 4.78 is 28.0. The van der Waals surface area contributed by atoms with E-state index in [0.29, 0.717) is 0 Å². The molecule has 6 heteroatoms. The molecule has 0 amide bonds. The van der Waals surface area contributed by atoms with E-state index in [-0.39, 0.29) is 17.1 Å². The Labute approximate surface area is 133 Å². The minimum atomic E-state index is -3.63. The first kappa shape index (κ1) is 16.0. The maximum atomic E-state index is 12.3. The third kappa shape index (κ3) is 3.84. The van der Waals surface area contributed by atoms with Gasteiger partial charge >= 0.3 is 0 Å². The number of benzene rings is 2. The fourth-order valence-electron chi connectivity index (χ4n) is 2.09. The van der Waals surface area contributed by atoms with Crippen molar-refractivity contribution in [1.82, 2.24) is 4.72 Å². The van der Waals surface area contributed by atoms with Gasteiger partial charge in [0.25, 0.3) is 0 Å². The molecule has 2 aromatic carbocycles. The Morgan fingerprint density at radius 3 is 2.43 bits per heavy atom. The SMILES string of the molecule is CCc1ccccc1CNS(=O)(=O)c1ccc(Br)cc1N. The Morgan fingerprint density at radius 2 is 1.81 bits per heavy atom. The lowest BCUT2D eigenvalue weighted by Crippen LogP contribution is -2.24. The number of nitrogens with two attached hydrogens (primary N) is 1. The van der Waals surface area contributed by atoms with Gasteiger partial charge in [0.2, 0.25) is 10.0 Å². The van der Waals surface area contributed by atoms with Crippen molar-refractivity contribution in [1.29, 1.82) is 0 Å². The zero-order valence-corrected chi connectivity index (χ0v) is 14.0. The summed E-state index contributed by atoms with van der Waals surface area (Å²) in [7, 11) is -3.63. The number of anilines is 1. The van der Waals surface area contributed by atoms with Gasteiger partial charge in [0.15, 0.2) is 0 Å². The predicted octanol–water partition coefficient (Wildman–Crippen LogP) is 3.07.